The van der Waals surface area contributed by atoms with Crippen molar-refractivity contribution in [2.75, 3.05) is 13.2 Å². The van der Waals surface area contributed by atoms with Gasteiger partial charge >= 0.3 is 12.1 Å². The van der Waals surface area contributed by atoms with Crippen LogP contribution in [0.3, 0.4) is 0 Å². The lowest BCUT2D eigenvalue weighted by atomic mass is 9.76. The molecule has 35 heavy (non-hydrogen) atoms. The lowest BCUT2D eigenvalue weighted by molar-refractivity contribution is -0.144. The van der Waals surface area contributed by atoms with Gasteiger partial charge in [0.1, 0.15) is 12.6 Å². The van der Waals surface area contributed by atoms with Crippen LogP contribution in [-0.4, -0.2) is 42.3 Å². The predicted molar refractivity (Wildman–Crippen MR) is 131 cm³/mol. The van der Waals surface area contributed by atoms with E-state index in [9.17, 15) is 19.5 Å². The van der Waals surface area contributed by atoms with Crippen molar-refractivity contribution >= 4 is 18.0 Å². The van der Waals surface area contributed by atoms with Gasteiger partial charge in [0.15, 0.2) is 0 Å². The van der Waals surface area contributed by atoms with Gasteiger partial charge in [-0.1, -0.05) is 67.8 Å². The molecule has 0 heterocycles. The third-order valence-electron chi connectivity index (χ3n) is 7.75. The van der Waals surface area contributed by atoms with Gasteiger partial charge in [-0.15, -0.1) is 0 Å². The zero-order chi connectivity index (χ0) is 24.4. The molecule has 2 aromatic carbocycles. The van der Waals surface area contributed by atoms with Crippen LogP contribution < -0.4 is 10.6 Å². The van der Waals surface area contributed by atoms with E-state index in [2.05, 4.69) is 34.9 Å². The van der Waals surface area contributed by atoms with E-state index in [1.807, 2.05) is 24.3 Å². The summed E-state index contributed by atoms with van der Waals surface area (Å²) in [5, 5.41) is 15.1. The van der Waals surface area contributed by atoms with E-state index in [1.54, 1.807) is 0 Å². The Bertz CT molecular complexity index is 1060. The number of ether oxygens (including phenoxy) is 1. The van der Waals surface area contributed by atoms with Crippen molar-refractivity contribution in [3.8, 4) is 11.1 Å². The van der Waals surface area contributed by atoms with E-state index in [0.717, 1.165) is 54.4 Å². The average molecular weight is 477 g/mol. The first kappa shape index (κ1) is 23.4. The fourth-order valence-electron chi connectivity index (χ4n) is 5.33. The highest BCUT2D eigenvalue weighted by Gasteiger charge is 2.35. The second kappa shape index (κ2) is 10.1. The van der Waals surface area contributed by atoms with Crippen molar-refractivity contribution in [1.82, 2.24) is 10.6 Å². The maximum Gasteiger partial charge on any atom is 0.407 e. The van der Waals surface area contributed by atoms with E-state index >= 15 is 0 Å². The number of benzene rings is 2. The monoisotopic (exact) mass is 476 g/mol. The van der Waals surface area contributed by atoms with Crippen LogP contribution in [0.1, 0.15) is 55.6 Å². The maximum atomic E-state index is 12.9. The molecule has 0 bridgehead atoms. The summed E-state index contributed by atoms with van der Waals surface area (Å²) in [5.74, 6) is -1.33. The van der Waals surface area contributed by atoms with Gasteiger partial charge < -0.3 is 20.5 Å². The van der Waals surface area contributed by atoms with Gasteiger partial charge in [-0.3, -0.25) is 9.59 Å². The molecular formula is C28H32N2O5. The Morgan fingerprint density at radius 1 is 0.943 bits per heavy atom. The number of carboxylic acids is 1. The van der Waals surface area contributed by atoms with Gasteiger partial charge in [-0.2, -0.15) is 0 Å². The van der Waals surface area contributed by atoms with Crippen LogP contribution >= 0.6 is 0 Å². The van der Waals surface area contributed by atoms with Gasteiger partial charge in [-0.25, -0.2) is 4.79 Å². The fraction of sp³-hybridized carbons (Fsp3) is 0.464. The number of carbonyl (C=O) groups excluding carboxylic acids is 2. The molecule has 2 unspecified atom stereocenters. The zero-order valence-corrected chi connectivity index (χ0v) is 19.7. The van der Waals surface area contributed by atoms with Crippen molar-refractivity contribution in [2.24, 2.45) is 17.8 Å². The van der Waals surface area contributed by atoms with Gasteiger partial charge in [0.25, 0.3) is 0 Å². The summed E-state index contributed by atoms with van der Waals surface area (Å²) in [6.07, 6.45) is 4.80. The van der Waals surface area contributed by atoms with Crippen LogP contribution in [0.2, 0.25) is 0 Å². The van der Waals surface area contributed by atoms with Crippen molar-refractivity contribution in [3.63, 3.8) is 0 Å². The lowest BCUT2D eigenvalue weighted by Crippen LogP contribution is -2.49. The maximum absolute atomic E-state index is 12.9. The minimum Gasteiger partial charge on any atom is -0.481 e. The smallest absolute Gasteiger partial charge is 0.407 e. The van der Waals surface area contributed by atoms with Gasteiger partial charge in [0.2, 0.25) is 5.91 Å². The first-order valence-corrected chi connectivity index (χ1v) is 12.6. The molecule has 7 heteroatoms. The van der Waals surface area contributed by atoms with Crippen molar-refractivity contribution in [2.45, 2.75) is 50.5 Å². The highest BCUT2D eigenvalue weighted by Crippen LogP contribution is 2.44. The second-order valence-electron chi connectivity index (χ2n) is 10.1. The van der Waals surface area contributed by atoms with Gasteiger partial charge in [0, 0.05) is 12.5 Å². The van der Waals surface area contributed by atoms with Crippen LogP contribution in [0.5, 0.6) is 0 Å². The number of fused-ring (bicyclic) bond motifs is 3. The molecule has 7 nitrogen and oxygen atoms in total. The summed E-state index contributed by atoms with van der Waals surface area (Å²) in [5.41, 5.74) is 4.57. The number of amides is 2. The number of hydrogen-bond donors (Lipinski definition) is 3. The van der Waals surface area contributed by atoms with Crippen molar-refractivity contribution in [1.29, 1.82) is 0 Å². The Morgan fingerprint density at radius 3 is 2.11 bits per heavy atom. The molecule has 0 radical (unpaired) electrons. The number of aliphatic carboxylic acids is 1. The van der Waals surface area contributed by atoms with Crippen LogP contribution in [0.4, 0.5) is 4.79 Å². The summed E-state index contributed by atoms with van der Waals surface area (Å²) in [4.78, 5) is 37.3. The molecule has 3 N–H and O–H groups in total. The van der Waals surface area contributed by atoms with Gasteiger partial charge in [0.05, 0.1) is 5.92 Å². The van der Waals surface area contributed by atoms with E-state index in [4.69, 9.17) is 4.74 Å². The minimum absolute atomic E-state index is 0.0531. The van der Waals surface area contributed by atoms with E-state index in [0.29, 0.717) is 12.3 Å². The molecule has 3 aliphatic carbocycles. The minimum atomic E-state index is -0.877. The van der Waals surface area contributed by atoms with E-state index in [1.165, 1.54) is 0 Å². The average Bonchev–Trinajstić information content (AvgIpc) is 3.58. The van der Waals surface area contributed by atoms with Crippen molar-refractivity contribution < 1.29 is 24.2 Å². The topological polar surface area (TPSA) is 105 Å². The first-order chi connectivity index (χ1) is 17.0. The van der Waals surface area contributed by atoms with Crippen LogP contribution in [0.25, 0.3) is 11.1 Å². The summed E-state index contributed by atoms with van der Waals surface area (Å²) in [6.45, 7) is 0.271. The van der Waals surface area contributed by atoms with Crippen LogP contribution in [0, 0.1) is 17.8 Å². The Morgan fingerprint density at radius 2 is 1.57 bits per heavy atom. The van der Waals surface area contributed by atoms with E-state index < -0.39 is 24.0 Å². The summed E-state index contributed by atoms with van der Waals surface area (Å²) in [7, 11) is 0. The molecule has 2 aromatic rings. The number of alkyl carbamates (subject to hydrolysis) is 1. The Balaban J connectivity index is 1.19. The van der Waals surface area contributed by atoms with Crippen molar-refractivity contribution in [3.05, 3.63) is 59.7 Å². The highest BCUT2D eigenvalue weighted by molar-refractivity contribution is 5.86. The molecule has 184 valence electrons. The lowest BCUT2D eigenvalue weighted by Gasteiger charge is -2.31. The molecule has 3 aliphatic rings. The first-order valence-electron chi connectivity index (χ1n) is 12.6. The second-order valence-corrected chi connectivity index (χ2v) is 10.1. The Kier molecular flexibility index (Phi) is 6.75. The summed E-state index contributed by atoms with van der Waals surface area (Å²) >= 11 is 0. The third-order valence-corrected chi connectivity index (χ3v) is 7.75. The molecule has 0 aliphatic heterocycles. The van der Waals surface area contributed by atoms with Crippen LogP contribution in [-0.2, 0) is 14.3 Å². The van der Waals surface area contributed by atoms with E-state index in [-0.39, 0.29) is 30.9 Å². The third kappa shape index (κ3) is 5.19. The number of carbonyl (C=O) groups is 3. The number of rotatable bonds is 10. The predicted octanol–water partition coefficient (Wildman–Crippen LogP) is 4.31. The van der Waals surface area contributed by atoms with Gasteiger partial charge in [-0.05, 0) is 53.4 Å². The molecule has 5 rings (SSSR count). The molecule has 0 spiro atoms. The number of carboxylic acid groups (broad SMARTS) is 1. The SMILES string of the molecule is O=C(NC(CC1CC1)C(=O)NCC(C(=O)O)C1CCC1)OCC1c2ccccc2-c2ccccc21. The standard InChI is InChI=1S/C28H32N2O5/c31-26(29-15-23(27(32)33)18-6-5-7-18)25(14-17-12-13-17)30-28(34)35-16-24-21-10-3-1-8-19(21)20-9-2-4-11-22(20)24/h1-4,8-11,17-18,23-25H,5-7,12-16H2,(H,29,31)(H,30,34)(H,32,33). The quantitative estimate of drug-likeness (QED) is 0.474. The molecule has 0 aromatic heterocycles. The zero-order valence-electron chi connectivity index (χ0n) is 19.7. The Labute approximate surface area is 205 Å². The largest absolute Gasteiger partial charge is 0.481 e. The number of hydrogen-bond acceptors (Lipinski definition) is 4. The molecule has 2 amide bonds. The normalized spacial score (nSPS) is 18.5. The summed E-state index contributed by atoms with van der Waals surface area (Å²) < 4.78 is 5.63. The molecule has 2 atom stereocenters. The number of nitrogens with one attached hydrogen (secondary N) is 2. The highest BCUT2D eigenvalue weighted by atomic mass is 16.5. The molecule has 0 saturated heterocycles. The molecule has 2 saturated carbocycles. The molecule has 2 fully saturated rings. The van der Waals surface area contributed by atoms with Crippen LogP contribution in [0.15, 0.2) is 48.5 Å². The molecular weight excluding hydrogens is 444 g/mol. The summed E-state index contributed by atoms with van der Waals surface area (Å²) in [6, 6.07) is 15.5. The fourth-order valence-corrected chi connectivity index (χ4v) is 5.33. The Hall–Kier alpha value is -3.35.